The number of thioether (sulfide) groups is 1. The largest absolute Gasteiger partial charge is 0.467 e. The Labute approximate surface area is 160 Å². The molecule has 136 valence electrons. The Balaban J connectivity index is 1.82. The number of ether oxygens (including phenoxy) is 1. The summed E-state index contributed by atoms with van der Waals surface area (Å²) in [6.07, 6.45) is 3.58. The van der Waals surface area contributed by atoms with Crippen LogP contribution in [0, 0.1) is 0 Å². The molecule has 3 aromatic heterocycles. The molecule has 3 heterocycles. The van der Waals surface area contributed by atoms with Crippen LogP contribution in [0.2, 0.25) is 0 Å². The Hall–Kier alpha value is -2.47. The topological polar surface area (TPSA) is 145 Å². The van der Waals surface area contributed by atoms with Gasteiger partial charge in [-0.25, -0.2) is 15.0 Å². The number of hydrogen-bond donors (Lipinski definition) is 3. The van der Waals surface area contributed by atoms with Gasteiger partial charge in [-0.3, -0.25) is 4.79 Å². The fraction of sp³-hybridized carbons (Fsp3) is 0.286. The first-order valence-corrected chi connectivity index (χ1v) is 9.19. The smallest absolute Gasteiger partial charge is 0.318 e. The minimum absolute atomic E-state index is 0.102. The first-order valence-electron chi connectivity index (χ1n) is 7.52. The van der Waals surface area contributed by atoms with Crippen LogP contribution < -0.4 is 15.8 Å². The van der Waals surface area contributed by atoms with Crippen molar-refractivity contribution in [2.45, 2.75) is 23.6 Å². The molecule has 26 heavy (non-hydrogen) atoms. The number of halogens is 1. The highest BCUT2D eigenvalue weighted by Crippen LogP contribution is 2.30. The van der Waals surface area contributed by atoms with E-state index in [-0.39, 0.29) is 17.9 Å². The molecule has 0 spiro atoms. The van der Waals surface area contributed by atoms with Crippen molar-refractivity contribution in [1.29, 1.82) is 0 Å². The summed E-state index contributed by atoms with van der Waals surface area (Å²) in [4.78, 5) is 36.1. The number of anilines is 2. The normalized spacial score (nSPS) is 12.1. The zero-order chi connectivity index (χ0) is 18.7. The third-order valence-electron chi connectivity index (χ3n) is 3.33. The molecule has 0 bridgehead atoms. The van der Waals surface area contributed by atoms with Crippen LogP contribution in [-0.4, -0.2) is 48.2 Å². The summed E-state index contributed by atoms with van der Waals surface area (Å²) in [5, 5.41) is 2.91. The van der Waals surface area contributed by atoms with Crippen molar-refractivity contribution >= 4 is 56.5 Å². The molecule has 0 aliphatic carbocycles. The van der Waals surface area contributed by atoms with Crippen LogP contribution >= 0.6 is 27.7 Å². The molecule has 0 aliphatic rings. The zero-order valence-corrected chi connectivity index (χ0v) is 16.3. The molecule has 1 atom stereocenters. The Morgan fingerprint density at radius 1 is 1.42 bits per heavy atom. The number of carbonyl (C=O) groups is 1. The van der Waals surface area contributed by atoms with E-state index in [9.17, 15) is 4.79 Å². The minimum Gasteiger partial charge on any atom is -0.467 e. The highest BCUT2D eigenvalue weighted by atomic mass is 79.9. The maximum Gasteiger partial charge on any atom is 0.318 e. The molecule has 4 N–H and O–H groups in total. The molecule has 1 amide bonds. The molecular weight excluding hydrogens is 424 g/mol. The van der Waals surface area contributed by atoms with Gasteiger partial charge in [0, 0.05) is 0 Å². The summed E-state index contributed by atoms with van der Waals surface area (Å²) in [5.41, 5.74) is 6.82. The van der Waals surface area contributed by atoms with E-state index >= 15 is 0 Å². The van der Waals surface area contributed by atoms with E-state index in [1.807, 2.05) is 6.92 Å². The van der Waals surface area contributed by atoms with Crippen molar-refractivity contribution in [3.05, 3.63) is 17.0 Å². The van der Waals surface area contributed by atoms with Crippen molar-refractivity contribution < 1.29 is 9.53 Å². The number of nitrogens with one attached hydrogen (secondary N) is 2. The van der Waals surface area contributed by atoms with Crippen LogP contribution in [0.4, 0.5) is 11.8 Å². The molecule has 0 radical (unpaired) electrons. The Morgan fingerprint density at radius 3 is 2.96 bits per heavy atom. The molecule has 12 heteroatoms. The standard InChI is InChI=1S/C14H15BrN8O2S/c1-3-7(11(24)20-9-6(15)4-17-14(22-9)25-2)26-12-8-10(19-5-18-8)21-13(16)23-12/h4-5,7H,3H2,1-2H3,(H,17,20,22,24)(H3,16,18,19,21,23)/t7-/m0/s1. The number of hydrogen-bond acceptors (Lipinski definition) is 9. The lowest BCUT2D eigenvalue weighted by atomic mass is 10.3. The fourth-order valence-corrected chi connectivity index (χ4v) is 3.41. The monoisotopic (exact) mass is 438 g/mol. The van der Waals surface area contributed by atoms with Crippen LogP contribution in [0.25, 0.3) is 11.2 Å². The van der Waals surface area contributed by atoms with Gasteiger partial charge < -0.3 is 20.8 Å². The van der Waals surface area contributed by atoms with Crippen molar-refractivity contribution in [2.75, 3.05) is 18.2 Å². The summed E-state index contributed by atoms with van der Waals surface area (Å²) in [5.74, 6) is 0.198. The Kier molecular flexibility index (Phi) is 5.52. The number of H-pyrrole nitrogens is 1. The summed E-state index contributed by atoms with van der Waals surface area (Å²) in [7, 11) is 1.45. The highest BCUT2D eigenvalue weighted by Gasteiger charge is 2.23. The van der Waals surface area contributed by atoms with Gasteiger partial charge in [0.05, 0.1) is 29.4 Å². The lowest BCUT2D eigenvalue weighted by Gasteiger charge is -2.15. The number of imidazole rings is 1. The fourth-order valence-electron chi connectivity index (χ4n) is 2.10. The number of nitrogens with zero attached hydrogens (tertiary/aromatic N) is 5. The number of fused-ring (bicyclic) bond motifs is 1. The number of amides is 1. The quantitative estimate of drug-likeness (QED) is 0.388. The van der Waals surface area contributed by atoms with Crippen molar-refractivity contribution in [3.63, 3.8) is 0 Å². The molecular formula is C14H15BrN8O2S. The SMILES string of the molecule is CC[C@H](Sc1nc(N)nc2nc[nH]c12)C(=O)Nc1nc(OC)ncc1Br. The van der Waals surface area contributed by atoms with E-state index in [1.165, 1.54) is 31.4 Å². The number of aromatic amines is 1. The second kappa shape index (κ2) is 7.83. The number of nitrogens with two attached hydrogens (primary N) is 1. The van der Waals surface area contributed by atoms with Crippen molar-refractivity contribution in [1.82, 2.24) is 29.9 Å². The van der Waals surface area contributed by atoms with Crippen LogP contribution in [0.15, 0.2) is 22.0 Å². The van der Waals surface area contributed by atoms with Gasteiger partial charge in [0.15, 0.2) is 11.5 Å². The van der Waals surface area contributed by atoms with Crippen LogP contribution in [0.5, 0.6) is 6.01 Å². The predicted molar refractivity (Wildman–Crippen MR) is 101 cm³/mol. The van der Waals surface area contributed by atoms with Gasteiger partial charge in [0.25, 0.3) is 0 Å². The third kappa shape index (κ3) is 3.85. The zero-order valence-electron chi connectivity index (χ0n) is 13.9. The summed E-state index contributed by atoms with van der Waals surface area (Å²) < 4.78 is 5.53. The first kappa shape index (κ1) is 18.3. The van der Waals surface area contributed by atoms with E-state index in [0.717, 1.165) is 0 Å². The lowest BCUT2D eigenvalue weighted by Crippen LogP contribution is -2.25. The van der Waals surface area contributed by atoms with Crippen LogP contribution in [0.3, 0.4) is 0 Å². The van der Waals surface area contributed by atoms with Crippen molar-refractivity contribution in [2.24, 2.45) is 0 Å². The minimum atomic E-state index is -0.427. The predicted octanol–water partition coefficient (Wildman–Crippen LogP) is 2.01. The molecule has 3 rings (SSSR count). The van der Waals surface area contributed by atoms with E-state index < -0.39 is 5.25 Å². The van der Waals surface area contributed by atoms with E-state index in [1.54, 1.807) is 0 Å². The first-order chi connectivity index (χ1) is 12.5. The maximum absolute atomic E-state index is 12.7. The maximum atomic E-state index is 12.7. The highest BCUT2D eigenvalue weighted by molar-refractivity contribution is 9.10. The number of methoxy groups -OCH3 is 1. The molecule has 0 aromatic carbocycles. The van der Waals surface area contributed by atoms with E-state index in [4.69, 9.17) is 10.5 Å². The number of carbonyl (C=O) groups excluding carboxylic acids is 1. The van der Waals surface area contributed by atoms with Gasteiger partial charge in [-0.1, -0.05) is 18.7 Å². The second-order valence-electron chi connectivity index (χ2n) is 5.05. The van der Waals surface area contributed by atoms with Crippen LogP contribution in [0.1, 0.15) is 13.3 Å². The summed E-state index contributed by atoms with van der Waals surface area (Å²) >= 11 is 4.59. The average Bonchev–Trinajstić information content (AvgIpc) is 3.09. The molecule has 0 saturated carbocycles. The van der Waals surface area contributed by atoms with Gasteiger partial charge in [-0.05, 0) is 22.4 Å². The van der Waals surface area contributed by atoms with Gasteiger partial charge in [0.2, 0.25) is 11.9 Å². The lowest BCUT2D eigenvalue weighted by molar-refractivity contribution is -0.115. The van der Waals surface area contributed by atoms with Gasteiger partial charge in [-0.2, -0.15) is 9.97 Å². The molecule has 10 nitrogen and oxygen atoms in total. The number of aromatic nitrogens is 6. The second-order valence-corrected chi connectivity index (χ2v) is 7.09. The molecule has 0 aliphatic heterocycles. The van der Waals surface area contributed by atoms with Gasteiger partial charge in [-0.15, -0.1) is 0 Å². The number of nitrogen functional groups attached to an aromatic ring is 1. The van der Waals surface area contributed by atoms with Gasteiger partial charge >= 0.3 is 6.01 Å². The number of rotatable bonds is 6. The van der Waals surface area contributed by atoms with E-state index in [0.29, 0.717) is 32.9 Å². The average molecular weight is 439 g/mol. The summed E-state index contributed by atoms with van der Waals surface area (Å²) in [6.45, 7) is 1.90. The Bertz CT molecular complexity index is 950. The van der Waals surface area contributed by atoms with E-state index in [2.05, 4.69) is 51.2 Å². The summed E-state index contributed by atoms with van der Waals surface area (Å²) in [6, 6.07) is 0.159. The van der Waals surface area contributed by atoms with Crippen molar-refractivity contribution in [3.8, 4) is 6.01 Å². The molecule has 0 fully saturated rings. The molecule has 3 aromatic rings. The molecule has 0 saturated heterocycles. The van der Waals surface area contributed by atoms with Gasteiger partial charge in [0.1, 0.15) is 10.5 Å². The molecule has 0 unspecified atom stereocenters. The third-order valence-corrected chi connectivity index (χ3v) is 5.26. The Morgan fingerprint density at radius 2 is 2.23 bits per heavy atom. The van der Waals surface area contributed by atoms with Crippen LogP contribution in [-0.2, 0) is 4.79 Å².